The zero-order valence-electron chi connectivity index (χ0n) is 13.5. The number of anilines is 2. The third-order valence-electron chi connectivity index (χ3n) is 3.73. The lowest BCUT2D eigenvalue weighted by molar-refractivity contribution is 0.415. The maximum Gasteiger partial charge on any atom is 0.163 e. The van der Waals surface area contributed by atoms with Crippen LogP contribution in [0.2, 0.25) is 0 Å². The van der Waals surface area contributed by atoms with Crippen LogP contribution in [0, 0.1) is 0 Å². The molecule has 0 aliphatic heterocycles. The molecule has 25 heavy (non-hydrogen) atoms. The number of nitrogens with one attached hydrogen (secondary N) is 1. The highest BCUT2D eigenvalue weighted by Crippen LogP contribution is 2.29. The number of aromatic nitrogens is 4. The number of benzene rings is 1. The van der Waals surface area contributed by atoms with Crippen molar-refractivity contribution in [2.45, 2.75) is 0 Å². The van der Waals surface area contributed by atoms with Gasteiger partial charge in [0, 0.05) is 29.5 Å². The molecule has 0 unspecified atom stereocenters. The van der Waals surface area contributed by atoms with Crippen molar-refractivity contribution < 1.29 is 4.74 Å². The minimum atomic E-state index is 0.601. The fraction of sp³-hybridized carbons (Fsp3) is 0.0526. The van der Waals surface area contributed by atoms with Gasteiger partial charge >= 0.3 is 0 Å². The molecule has 0 aliphatic carbocycles. The molecule has 0 radical (unpaired) electrons. The second kappa shape index (κ2) is 6.52. The maximum absolute atomic E-state index is 5.33. The lowest BCUT2D eigenvalue weighted by Crippen LogP contribution is -2.01. The number of ether oxygens (including phenoxy) is 1. The second-order valence-corrected chi connectivity index (χ2v) is 5.36. The van der Waals surface area contributed by atoms with E-state index in [2.05, 4.69) is 25.3 Å². The van der Waals surface area contributed by atoms with Crippen LogP contribution in [0.5, 0.6) is 5.75 Å². The summed E-state index contributed by atoms with van der Waals surface area (Å²) >= 11 is 0. The van der Waals surface area contributed by atoms with Crippen molar-refractivity contribution in [1.29, 1.82) is 0 Å². The highest BCUT2D eigenvalue weighted by atomic mass is 16.5. The molecule has 3 heterocycles. The lowest BCUT2D eigenvalue weighted by atomic mass is 10.2. The Hall–Kier alpha value is -3.54. The zero-order valence-corrected chi connectivity index (χ0v) is 13.5. The predicted molar refractivity (Wildman–Crippen MR) is 96.8 cm³/mol. The molecule has 122 valence electrons. The standard InChI is InChI=1S/C19H15N5O/c1-25-14-7-8-16-15(11-14)19(23-17-6-2-3-10-21-17)24-18(22-16)13-5-4-9-20-12-13/h2-12H,1H3,(H,21,22,23,24). The van der Waals surface area contributed by atoms with E-state index in [1.807, 2.05) is 48.5 Å². The molecular weight excluding hydrogens is 314 g/mol. The van der Waals surface area contributed by atoms with Crippen molar-refractivity contribution >= 4 is 22.5 Å². The van der Waals surface area contributed by atoms with E-state index in [1.54, 1.807) is 25.7 Å². The van der Waals surface area contributed by atoms with Crippen molar-refractivity contribution in [2.75, 3.05) is 12.4 Å². The Labute approximate surface area is 144 Å². The van der Waals surface area contributed by atoms with Crippen LogP contribution in [0.4, 0.5) is 11.6 Å². The third kappa shape index (κ3) is 3.10. The molecule has 1 N–H and O–H groups in total. The summed E-state index contributed by atoms with van der Waals surface area (Å²) in [6.45, 7) is 0. The van der Waals surface area contributed by atoms with E-state index >= 15 is 0 Å². The van der Waals surface area contributed by atoms with Gasteiger partial charge in [-0.25, -0.2) is 15.0 Å². The number of methoxy groups -OCH3 is 1. The summed E-state index contributed by atoms with van der Waals surface area (Å²) in [5.41, 5.74) is 1.66. The SMILES string of the molecule is COc1ccc2nc(-c3cccnc3)nc(Nc3ccccn3)c2c1. The van der Waals surface area contributed by atoms with Crippen molar-refractivity contribution in [1.82, 2.24) is 19.9 Å². The Bertz CT molecular complexity index is 1010. The van der Waals surface area contributed by atoms with E-state index in [4.69, 9.17) is 4.74 Å². The van der Waals surface area contributed by atoms with Gasteiger partial charge in [0.25, 0.3) is 0 Å². The molecule has 0 saturated carbocycles. The van der Waals surface area contributed by atoms with E-state index < -0.39 is 0 Å². The van der Waals surface area contributed by atoms with E-state index in [9.17, 15) is 0 Å². The van der Waals surface area contributed by atoms with Crippen LogP contribution < -0.4 is 10.1 Å². The topological polar surface area (TPSA) is 72.8 Å². The molecule has 0 atom stereocenters. The van der Waals surface area contributed by atoms with Gasteiger partial charge in [0.05, 0.1) is 12.6 Å². The fourth-order valence-corrected chi connectivity index (χ4v) is 2.51. The summed E-state index contributed by atoms with van der Waals surface area (Å²) in [5, 5.41) is 4.13. The number of pyridine rings is 2. The molecular formula is C19H15N5O. The van der Waals surface area contributed by atoms with Crippen molar-refractivity contribution in [3.8, 4) is 17.1 Å². The molecule has 6 nitrogen and oxygen atoms in total. The Morgan fingerprint density at radius 1 is 0.960 bits per heavy atom. The number of rotatable bonds is 4. The van der Waals surface area contributed by atoms with Crippen molar-refractivity contribution in [3.05, 3.63) is 67.1 Å². The molecule has 0 saturated heterocycles. The van der Waals surface area contributed by atoms with Gasteiger partial charge in [-0.15, -0.1) is 0 Å². The molecule has 1 aromatic carbocycles. The van der Waals surface area contributed by atoms with Crippen LogP contribution in [0.25, 0.3) is 22.3 Å². The van der Waals surface area contributed by atoms with Crippen LogP contribution in [-0.4, -0.2) is 27.0 Å². The number of nitrogens with zero attached hydrogens (tertiary/aromatic N) is 4. The van der Waals surface area contributed by atoms with Gasteiger partial charge in [0.1, 0.15) is 17.4 Å². The Kier molecular flexibility index (Phi) is 3.92. The number of hydrogen-bond donors (Lipinski definition) is 1. The fourth-order valence-electron chi connectivity index (χ4n) is 2.51. The number of hydrogen-bond acceptors (Lipinski definition) is 6. The van der Waals surface area contributed by atoms with Crippen LogP contribution in [0.15, 0.2) is 67.1 Å². The number of fused-ring (bicyclic) bond motifs is 1. The first-order valence-corrected chi connectivity index (χ1v) is 7.78. The van der Waals surface area contributed by atoms with E-state index in [-0.39, 0.29) is 0 Å². The second-order valence-electron chi connectivity index (χ2n) is 5.36. The van der Waals surface area contributed by atoms with Gasteiger partial charge in [-0.2, -0.15) is 0 Å². The predicted octanol–water partition coefficient (Wildman–Crippen LogP) is 3.84. The van der Waals surface area contributed by atoms with Gasteiger partial charge in [-0.05, 0) is 42.5 Å². The normalized spacial score (nSPS) is 10.6. The summed E-state index contributed by atoms with van der Waals surface area (Å²) < 4.78 is 5.33. The summed E-state index contributed by atoms with van der Waals surface area (Å²) in [4.78, 5) is 17.8. The van der Waals surface area contributed by atoms with Gasteiger partial charge in [-0.3, -0.25) is 4.98 Å². The molecule has 4 aromatic rings. The van der Waals surface area contributed by atoms with Gasteiger partial charge in [0.15, 0.2) is 5.82 Å². The molecule has 0 aliphatic rings. The Morgan fingerprint density at radius 2 is 1.92 bits per heavy atom. The highest BCUT2D eigenvalue weighted by molar-refractivity contribution is 5.93. The minimum absolute atomic E-state index is 0.601. The van der Waals surface area contributed by atoms with Crippen LogP contribution in [0.1, 0.15) is 0 Å². The summed E-state index contributed by atoms with van der Waals surface area (Å²) in [6.07, 6.45) is 5.20. The molecule has 0 amide bonds. The monoisotopic (exact) mass is 329 g/mol. The largest absolute Gasteiger partial charge is 0.497 e. The summed E-state index contributed by atoms with van der Waals surface area (Å²) in [5.74, 6) is 2.72. The zero-order chi connectivity index (χ0) is 17.1. The maximum atomic E-state index is 5.33. The van der Waals surface area contributed by atoms with Crippen LogP contribution in [0.3, 0.4) is 0 Å². The van der Waals surface area contributed by atoms with Crippen LogP contribution >= 0.6 is 0 Å². The highest BCUT2D eigenvalue weighted by Gasteiger charge is 2.11. The van der Waals surface area contributed by atoms with E-state index in [0.29, 0.717) is 17.5 Å². The van der Waals surface area contributed by atoms with E-state index in [1.165, 1.54) is 0 Å². The summed E-state index contributed by atoms with van der Waals surface area (Å²) in [7, 11) is 1.64. The van der Waals surface area contributed by atoms with Gasteiger partial charge in [-0.1, -0.05) is 6.07 Å². The smallest absolute Gasteiger partial charge is 0.163 e. The van der Waals surface area contributed by atoms with Gasteiger partial charge in [0.2, 0.25) is 0 Å². The first-order valence-electron chi connectivity index (χ1n) is 7.78. The molecule has 4 rings (SSSR count). The minimum Gasteiger partial charge on any atom is -0.497 e. The Morgan fingerprint density at radius 3 is 2.68 bits per heavy atom. The lowest BCUT2D eigenvalue weighted by Gasteiger charge is -2.11. The molecule has 6 heteroatoms. The first-order chi connectivity index (χ1) is 12.3. The quantitative estimate of drug-likeness (QED) is 0.613. The van der Waals surface area contributed by atoms with Crippen LogP contribution in [-0.2, 0) is 0 Å². The Balaban J connectivity index is 1.89. The summed E-state index contributed by atoms with van der Waals surface area (Å²) in [6, 6.07) is 15.2. The van der Waals surface area contributed by atoms with E-state index in [0.717, 1.165) is 22.2 Å². The molecule has 3 aromatic heterocycles. The molecule has 0 bridgehead atoms. The third-order valence-corrected chi connectivity index (χ3v) is 3.73. The molecule has 0 fully saturated rings. The average molecular weight is 329 g/mol. The first kappa shape index (κ1) is 15.0. The average Bonchev–Trinajstić information content (AvgIpc) is 2.69. The van der Waals surface area contributed by atoms with Crippen molar-refractivity contribution in [2.24, 2.45) is 0 Å². The van der Waals surface area contributed by atoms with Gasteiger partial charge < -0.3 is 10.1 Å². The molecule has 0 spiro atoms. The van der Waals surface area contributed by atoms with Crippen molar-refractivity contribution in [3.63, 3.8) is 0 Å².